The molecule has 0 aliphatic heterocycles. The first-order chi connectivity index (χ1) is 9.78. The van der Waals surface area contributed by atoms with Crippen LogP contribution in [0.25, 0.3) is 0 Å². The van der Waals surface area contributed by atoms with Gasteiger partial charge in [-0.1, -0.05) is 58.4 Å². The molecule has 0 unspecified atom stereocenters. The lowest BCUT2D eigenvalue weighted by molar-refractivity contribution is 0.288. The fourth-order valence-electron chi connectivity index (χ4n) is 2.91. The van der Waals surface area contributed by atoms with Gasteiger partial charge >= 0.3 is 0 Å². The van der Waals surface area contributed by atoms with Crippen molar-refractivity contribution in [3.05, 3.63) is 48.4 Å². The van der Waals surface area contributed by atoms with Crippen LogP contribution in [-0.4, -0.2) is 10.9 Å². The number of hydrogen-bond acceptors (Lipinski definition) is 1. The lowest BCUT2D eigenvalue weighted by Gasteiger charge is -2.36. The first-order valence-electron chi connectivity index (χ1n) is 8.26. The van der Waals surface area contributed by atoms with E-state index in [9.17, 15) is 0 Å². The van der Waals surface area contributed by atoms with Gasteiger partial charge in [0.25, 0.3) is 0 Å². The Kier molecular flexibility index (Phi) is 8.10. The molecule has 20 heavy (non-hydrogen) atoms. The van der Waals surface area contributed by atoms with Gasteiger partial charge in [-0.25, -0.2) is 0 Å². The minimum absolute atomic E-state index is 0.592. The zero-order valence-corrected chi connectivity index (χ0v) is 13.6. The number of allylic oxidation sites excluding steroid dienone is 5. The van der Waals surface area contributed by atoms with Gasteiger partial charge in [-0.15, -0.1) is 0 Å². The molecule has 0 N–H and O–H groups in total. The normalized spacial score (nSPS) is 15.4. The van der Waals surface area contributed by atoms with Crippen molar-refractivity contribution in [3.63, 3.8) is 0 Å². The third-order valence-corrected chi connectivity index (χ3v) is 3.76. The molecule has 1 rings (SSSR count). The second-order valence-electron chi connectivity index (χ2n) is 5.45. The zero-order chi connectivity index (χ0) is 14.8. The van der Waals surface area contributed by atoms with Crippen LogP contribution in [-0.2, 0) is 0 Å². The van der Waals surface area contributed by atoms with Crippen molar-refractivity contribution in [2.45, 2.75) is 71.8 Å². The van der Waals surface area contributed by atoms with Crippen LogP contribution in [0.1, 0.15) is 65.7 Å². The molecule has 112 valence electrons. The van der Waals surface area contributed by atoms with Crippen molar-refractivity contribution in [1.82, 2.24) is 4.90 Å². The standard InChI is InChI=1S/C19H31N/c1-5-12-17(8-4)20(18(13-6-2)14-7-3)19-15-10-9-11-16-19/h8,10,12,15-16,18H,4-7,9,11,13-14H2,1-3H3/b17-12+. The predicted octanol–water partition coefficient (Wildman–Crippen LogP) is 5.97. The third-order valence-electron chi connectivity index (χ3n) is 3.76. The minimum atomic E-state index is 0.592. The monoisotopic (exact) mass is 273 g/mol. The summed E-state index contributed by atoms with van der Waals surface area (Å²) in [4.78, 5) is 2.53. The molecule has 0 amide bonds. The molecule has 1 heteroatoms. The SMILES string of the molecule is C=C/C(=C\CC)N(C1=CCCC=C1)C(CCC)CCC. The summed E-state index contributed by atoms with van der Waals surface area (Å²) in [5, 5.41) is 0. The van der Waals surface area contributed by atoms with E-state index in [1.807, 2.05) is 6.08 Å². The van der Waals surface area contributed by atoms with Crippen molar-refractivity contribution in [1.29, 1.82) is 0 Å². The van der Waals surface area contributed by atoms with E-state index < -0.39 is 0 Å². The quantitative estimate of drug-likeness (QED) is 0.468. The summed E-state index contributed by atoms with van der Waals surface area (Å²) in [7, 11) is 0. The van der Waals surface area contributed by atoms with Crippen LogP contribution in [0.3, 0.4) is 0 Å². The Morgan fingerprint density at radius 3 is 2.40 bits per heavy atom. The van der Waals surface area contributed by atoms with E-state index in [4.69, 9.17) is 0 Å². The molecule has 1 nitrogen and oxygen atoms in total. The summed E-state index contributed by atoms with van der Waals surface area (Å²) in [5.74, 6) is 0. The highest BCUT2D eigenvalue weighted by molar-refractivity contribution is 5.30. The molecule has 0 fully saturated rings. The highest BCUT2D eigenvalue weighted by atomic mass is 15.2. The molecule has 0 aromatic rings. The van der Waals surface area contributed by atoms with Crippen LogP contribution in [0, 0.1) is 0 Å². The Labute approximate surface area is 125 Å². The molecule has 0 aromatic heterocycles. The van der Waals surface area contributed by atoms with Crippen LogP contribution in [0.5, 0.6) is 0 Å². The van der Waals surface area contributed by atoms with E-state index in [-0.39, 0.29) is 0 Å². The van der Waals surface area contributed by atoms with Gasteiger partial charge in [0.05, 0.1) is 0 Å². The smallest absolute Gasteiger partial charge is 0.0369 e. The second kappa shape index (κ2) is 9.63. The summed E-state index contributed by atoms with van der Waals surface area (Å²) in [6.07, 6.45) is 19.6. The molecule has 1 aliphatic rings. The van der Waals surface area contributed by atoms with E-state index >= 15 is 0 Å². The van der Waals surface area contributed by atoms with Crippen molar-refractivity contribution in [3.8, 4) is 0 Å². The Morgan fingerprint density at radius 2 is 1.95 bits per heavy atom. The molecule has 0 bridgehead atoms. The second-order valence-corrected chi connectivity index (χ2v) is 5.45. The van der Waals surface area contributed by atoms with E-state index in [2.05, 4.69) is 56.6 Å². The molecular formula is C19H31N. The molecule has 0 aromatic carbocycles. The highest BCUT2D eigenvalue weighted by Gasteiger charge is 2.21. The van der Waals surface area contributed by atoms with Gasteiger partial charge in [0, 0.05) is 17.4 Å². The van der Waals surface area contributed by atoms with E-state index in [1.165, 1.54) is 43.5 Å². The average Bonchev–Trinajstić information content (AvgIpc) is 2.48. The maximum Gasteiger partial charge on any atom is 0.0369 e. The van der Waals surface area contributed by atoms with Crippen LogP contribution in [0.2, 0.25) is 0 Å². The maximum atomic E-state index is 4.04. The summed E-state index contributed by atoms with van der Waals surface area (Å²) < 4.78 is 0. The van der Waals surface area contributed by atoms with E-state index in [0.717, 1.165) is 12.8 Å². The number of nitrogens with zero attached hydrogens (tertiary/aromatic N) is 1. The molecule has 0 heterocycles. The summed E-state index contributed by atoms with van der Waals surface area (Å²) >= 11 is 0. The Morgan fingerprint density at radius 1 is 1.25 bits per heavy atom. The van der Waals surface area contributed by atoms with Gasteiger partial charge in [-0.2, -0.15) is 0 Å². The average molecular weight is 273 g/mol. The lowest BCUT2D eigenvalue weighted by Crippen LogP contribution is -2.33. The fourth-order valence-corrected chi connectivity index (χ4v) is 2.91. The van der Waals surface area contributed by atoms with Crippen molar-refractivity contribution in [2.75, 3.05) is 0 Å². The predicted molar refractivity (Wildman–Crippen MR) is 90.5 cm³/mol. The van der Waals surface area contributed by atoms with Crippen molar-refractivity contribution >= 4 is 0 Å². The molecule has 0 saturated carbocycles. The van der Waals surface area contributed by atoms with Gasteiger partial charge in [0.1, 0.15) is 0 Å². The van der Waals surface area contributed by atoms with Crippen LogP contribution < -0.4 is 0 Å². The Balaban J connectivity index is 3.09. The summed E-state index contributed by atoms with van der Waals surface area (Å²) in [5.41, 5.74) is 2.64. The van der Waals surface area contributed by atoms with E-state index in [0.29, 0.717) is 6.04 Å². The highest BCUT2D eigenvalue weighted by Crippen LogP contribution is 2.27. The maximum absolute atomic E-state index is 4.04. The van der Waals surface area contributed by atoms with Gasteiger partial charge in [0.2, 0.25) is 0 Å². The van der Waals surface area contributed by atoms with Crippen LogP contribution in [0.15, 0.2) is 48.4 Å². The Hall–Kier alpha value is -1.24. The van der Waals surface area contributed by atoms with Gasteiger partial charge in [0.15, 0.2) is 0 Å². The molecule has 0 saturated heterocycles. The first kappa shape index (κ1) is 16.8. The largest absolute Gasteiger partial charge is 0.339 e. The third kappa shape index (κ3) is 4.70. The summed E-state index contributed by atoms with van der Waals surface area (Å²) in [6, 6.07) is 0.592. The molecular weight excluding hydrogens is 242 g/mol. The lowest BCUT2D eigenvalue weighted by atomic mass is 10.0. The van der Waals surface area contributed by atoms with Gasteiger partial charge in [-0.05, 0) is 44.3 Å². The molecule has 0 spiro atoms. The van der Waals surface area contributed by atoms with Crippen LogP contribution in [0.4, 0.5) is 0 Å². The molecule has 0 atom stereocenters. The number of hydrogen-bond donors (Lipinski definition) is 0. The van der Waals surface area contributed by atoms with E-state index in [1.54, 1.807) is 0 Å². The zero-order valence-electron chi connectivity index (χ0n) is 13.6. The first-order valence-corrected chi connectivity index (χ1v) is 8.26. The topological polar surface area (TPSA) is 3.24 Å². The fraction of sp³-hybridized carbons (Fsp3) is 0.579. The van der Waals surface area contributed by atoms with Gasteiger partial charge < -0.3 is 4.90 Å². The number of rotatable bonds is 9. The molecule has 0 radical (unpaired) electrons. The van der Waals surface area contributed by atoms with Crippen LogP contribution >= 0.6 is 0 Å². The summed E-state index contributed by atoms with van der Waals surface area (Å²) in [6.45, 7) is 10.8. The minimum Gasteiger partial charge on any atom is -0.339 e. The van der Waals surface area contributed by atoms with Gasteiger partial charge in [-0.3, -0.25) is 0 Å². The Bertz CT molecular complexity index is 359. The van der Waals surface area contributed by atoms with Crippen molar-refractivity contribution in [2.24, 2.45) is 0 Å². The van der Waals surface area contributed by atoms with Crippen molar-refractivity contribution < 1.29 is 0 Å². The molecule has 1 aliphatic carbocycles.